The molecular weight excluding hydrogens is 290 g/mol. The lowest BCUT2D eigenvalue weighted by Crippen LogP contribution is -2.24. The van der Waals surface area contributed by atoms with Crippen molar-refractivity contribution in [1.29, 1.82) is 0 Å². The van der Waals surface area contributed by atoms with E-state index in [0.29, 0.717) is 17.8 Å². The molecule has 5 nitrogen and oxygen atoms in total. The molecule has 0 aliphatic heterocycles. The summed E-state index contributed by atoms with van der Waals surface area (Å²) in [5.41, 5.74) is 3.18. The minimum Gasteiger partial charge on any atom is -0.376 e. The molecule has 2 rings (SSSR count). The van der Waals surface area contributed by atoms with Crippen molar-refractivity contribution in [2.45, 2.75) is 13.8 Å². The molecule has 0 unspecified atom stereocenters. The normalized spacial score (nSPS) is 10.0. The van der Waals surface area contributed by atoms with Crippen LogP contribution in [0.25, 0.3) is 0 Å². The van der Waals surface area contributed by atoms with E-state index in [-0.39, 0.29) is 18.4 Å². The van der Waals surface area contributed by atoms with Crippen LogP contribution in [0.4, 0.5) is 11.4 Å². The third-order valence-electron chi connectivity index (χ3n) is 3.25. The lowest BCUT2D eigenvalue weighted by molar-refractivity contribution is -0.114. The molecule has 3 N–H and O–H groups in total. The van der Waals surface area contributed by atoms with Gasteiger partial charge in [-0.05, 0) is 44.2 Å². The highest BCUT2D eigenvalue weighted by Crippen LogP contribution is 2.11. The van der Waals surface area contributed by atoms with Crippen molar-refractivity contribution in [3.8, 4) is 0 Å². The summed E-state index contributed by atoms with van der Waals surface area (Å²) in [4.78, 5) is 23.8. The van der Waals surface area contributed by atoms with E-state index in [2.05, 4.69) is 16.0 Å². The Labute approximate surface area is 136 Å². The number of aryl methyl sites for hydroxylation is 1. The third kappa shape index (κ3) is 5.14. The maximum absolute atomic E-state index is 12.0. The van der Waals surface area contributed by atoms with Crippen LogP contribution in [0.5, 0.6) is 0 Å². The number of hydrogen-bond donors (Lipinski definition) is 3. The second-order valence-corrected chi connectivity index (χ2v) is 5.21. The number of hydrogen-bond acceptors (Lipinski definition) is 3. The molecule has 5 heteroatoms. The van der Waals surface area contributed by atoms with Crippen molar-refractivity contribution in [2.24, 2.45) is 0 Å². The first kappa shape index (κ1) is 16.5. The molecule has 0 aliphatic rings. The van der Waals surface area contributed by atoms with Crippen molar-refractivity contribution < 1.29 is 9.59 Å². The summed E-state index contributed by atoms with van der Waals surface area (Å²) in [6.45, 7) is 4.60. The zero-order valence-corrected chi connectivity index (χ0v) is 13.3. The van der Waals surface area contributed by atoms with Crippen LogP contribution in [0.2, 0.25) is 0 Å². The van der Waals surface area contributed by atoms with Gasteiger partial charge in [-0.1, -0.05) is 23.8 Å². The van der Waals surface area contributed by atoms with Gasteiger partial charge in [0.1, 0.15) is 0 Å². The molecule has 0 saturated carbocycles. The van der Waals surface area contributed by atoms with Gasteiger partial charge in [0, 0.05) is 23.5 Å². The van der Waals surface area contributed by atoms with Gasteiger partial charge in [-0.25, -0.2) is 0 Å². The number of carbonyl (C=O) groups is 2. The lowest BCUT2D eigenvalue weighted by Gasteiger charge is -2.09. The summed E-state index contributed by atoms with van der Waals surface area (Å²) in [6, 6.07) is 14.7. The van der Waals surface area contributed by atoms with Crippen LogP contribution in [-0.2, 0) is 4.79 Å². The van der Waals surface area contributed by atoms with Crippen LogP contribution in [0, 0.1) is 6.92 Å². The van der Waals surface area contributed by atoms with Crippen LogP contribution in [0.15, 0.2) is 48.5 Å². The van der Waals surface area contributed by atoms with Gasteiger partial charge in [-0.3, -0.25) is 9.59 Å². The van der Waals surface area contributed by atoms with Crippen molar-refractivity contribution >= 4 is 23.2 Å². The lowest BCUT2D eigenvalue weighted by atomic mass is 10.2. The molecule has 0 radical (unpaired) electrons. The second-order valence-electron chi connectivity index (χ2n) is 5.21. The van der Waals surface area contributed by atoms with E-state index in [4.69, 9.17) is 0 Å². The Morgan fingerprint density at radius 3 is 2.43 bits per heavy atom. The molecule has 0 spiro atoms. The first-order chi connectivity index (χ1) is 11.1. The first-order valence-electron chi connectivity index (χ1n) is 7.57. The Hall–Kier alpha value is -2.82. The Morgan fingerprint density at radius 1 is 1.00 bits per heavy atom. The monoisotopic (exact) mass is 311 g/mol. The van der Waals surface area contributed by atoms with Gasteiger partial charge in [0.05, 0.1) is 6.54 Å². The third-order valence-corrected chi connectivity index (χ3v) is 3.25. The average molecular weight is 311 g/mol. The second kappa shape index (κ2) is 7.98. The van der Waals surface area contributed by atoms with Gasteiger partial charge in [-0.2, -0.15) is 0 Å². The topological polar surface area (TPSA) is 70.2 Å². The molecule has 2 aromatic rings. The largest absolute Gasteiger partial charge is 0.376 e. The zero-order chi connectivity index (χ0) is 16.7. The summed E-state index contributed by atoms with van der Waals surface area (Å²) in [6.07, 6.45) is 0. The fourth-order valence-corrected chi connectivity index (χ4v) is 2.06. The Kier molecular flexibility index (Phi) is 5.74. The molecule has 0 aromatic heterocycles. The Morgan fingerprint density at radius 2 is 1.74 bits per heavy atom. The molecule has 0 heterocycles. The molecule has 2 aromatic carbocycles. The number of anilines is 2. The van der Waals surface area contributed by atoms with Gasteiger partial charge < -0.3 is 16.0 Å². The van der Waals surface area contributed by atoms with E-state index >= 15 is 0 Å². The van der Waals surface area contributed by atoms with Gasteiger partial charge in [-0.15, -0.1) is 0 Å². The van der Waals surface area contributed by atoms with E-state index in [1.54, 1.807) is 24.3 Å². The fraction of sp³-hybridized carbons (Fsp3) is 0.222. The molecule has 0 bridgehead atoms. The molecule has 2 amide bonds. The number of amides is 2. The number of carbonyl (C=O) groups excluding carboxylic acids is 2. The molecular formula is C18H21N3O2. The SMILES string of the molecule is CCNC(=O)c1cccc(NC(=O)CNc2ccc(C)cc2)c1. The highest BCUT2D eigenvalue weighted by atomic mass is 16.2. The minimum atomic E-state index is -0.168. The molecule has 0 saturated heterocycles. The Balaban J connectivity index is 1.91. The highest BCUT2D eigenvalue weighted by molar-refractivity contribution is 5.98. The summed E-state index contributed by atoms with van der Waals surface area (Å²) in [7, 11) is 0. The quantitative estimate of drug-likeness (QED) is 0.768. The molecule has 23 heavy (non-hydrogen) atoms. The molecule has 0 aliphatic carbocycles. The van der Waals surface area contributed by atoms with E-state index in [9.17, 15) is 9.59 Å². The minimum absolute atomic E-state index is 0.152. The zero-order valence-electron chi connectivity index (χ0n) is 13.3. The summed E-state index contributed by atoms with van der Waals surface area (Å²) in [5.74, 6) is -0.319. The molecule has 0 atom stereocenters. The predicted molar refractivity (Wildman–Crippen MR) is 92.7 cm³/mol. The summed E-state index contributed by atoms with van der Waals surface area (Å²) < 4.78 is 0. The highest BCUT2D eigenvalue weighted by Gasteiger charge is 2.07. The van der Waals surface area contributed by atoms with Crippen LogP contribution in [0.1, 0.15) is 22.8 Å². The van der Waals surface area contributed by atoms with Gasteiger partial charge in [0.15, 0.2) is 0 Å². The maximum atomic E-state index is 12.0. The van der Waals surface area contributed by atoms with Gasteiger partial charge in [0.2, 0.25) is 5.91 Å². The van der Waals surface area contributed by atoms with E-state index in [1.165, 1.54) is 5.56 Å². The molecule has 120 valence electrons. The van der Waals surface area contributed by atoms with Crippen LogP contribution >= 0.6 is 0 Å². The predicted octanol–water partition coefficient (Wildman–Crippen LogP) is 2.80. The average Bonchev–Trinajstić information content (AvgIpc) is 2.55. The summed E-state index contributed by atoms with van der Waals surface area (Å²) in [5, 5.41) is 8.57. The molecule has 0 fully saturated rings. The standard InChI is InChI=1S/C18H21N3O2/c1-3-19-18(23)14-5-4-6-16(11-14)21-17(22)12-20-15-9-7-13(2)8-10-15/h4-11,20H,3,12H2,1-2H3,(H,19,23)(H,21,22). The van der Waals surface area contributed by atoms with Gasteiger partial charge >= 0.3 is 0 Å². The fourth-order valence-electron chi connectivity index (χ4n) is 2.06. The smallest absolute Gasteiger partial charge is 0.251 e. The van der Waals surface area contributed by atoms with Crippen molar-refractivity contribution in [3.63, 3.8) is 0 Å². The Bertz CT molecular complexity index is 681. The first-order valence-corrected chi connectivity index (χ1v) is 7.57. The van der Waals surface area contributed by atoms with Crippen LogP contribution in [0.3, 0.4) is 0 Å². The maximum Gasteiger partial charge on any atom is 0.251 e. The van der Waals surface area contributed by atoms with Crippen LogP contribution in [-0.4, -0.2) is 24.9 Å². The van der Waals surface area contributed by atoms with Gasteiger partial charge in [0.25, 0.3) is 5.91 Å². The van der Waals surface area contributed by atoms with Crippen molar-refractivity contribution in [2.75, 3.05) is 23.7 Å². The number of benzene rings is 2. The van der Waals surface area contributed by atoms with E-state index in [1.807, 2.05) is 38.1 Å². The number of nitrogens with one attached hydrogen (secondary N) is 3. The van der Waals surface area contributed by atoms with Crippen LogP contribution < -0.4 is 16.0 Å². The van der Waals surface area contributed by atoms with E-state index in [0.717, 1.165) is 5.69 Å². The van der Waals surface area contributed by atoms with E-state index < -0.39 is 0 Å². The van der Waals surface area contributed by atoms with Crippen molar-refractivity contribution in [1.82, 2.24) is 5.32 Å². The number of rotatable bonds is 6. The van der Waals surface area contributed by atoms with Crippen molar-refractivity contribution in [3.05, 3.63) is 59.7 Å². The summed E-state index contributed by atoms with van der Waals surface area (Å²) >= 11 is 0.